The van der Waals surface area contributed by atoms with Gasteiger partial charge < -0.3 is 10.1 Å². The highest BCUT2D eigenvalue weighted by atomic mass is 35.5. The van der Waals surface area contributed by atoms with Crippen LogP contribution in [0.15, 0.2) is 18.3 Å². The molecule has 0 fully saturated rings. The fourth-order valence-electron chi connectivity index (χ4n) is 1.05. The van der Waals surface area contributed by atoms with Crippen molar-refractivity contribution in [1.82, 2.24) is 4.98 Å². The number of amides is 1. The van der Waals surface area contributed by atoms with E-state index in [0.717, 1.165) is 0 Å². The molecule has 1 heterocycles. The van der Waals surface area contributed by atoms with Crippen LogP contribution in [0.1, 0.15) is 12.8 Å². The van der Waals surface area contributed by atoms with Crippen LogP contribution in [0, 0.1) is 0 Å². The number of hydrogen-bond acceptors (Lipinski definition) is 3. The van der Waals surface area contributed by atoms with Gasteiger partial charge in [0, 0.05) is 26.3 Å². The summed E-state index contributed by atoms with van der Waals surface area (Å²) in [6.07, 6.45) is 2.67. The van der Waals surface area contributed by atoms with Crippen molar-refractivity contribution in [3.63, 3.8) is 0 Å². The second-order valence-corrected chi connectivity index (χ2v) is 3.39. The van der Waals surface area contributed by atoms with E-state index in [1.807, 2.05) is 0 Å². The molecule has 1 rings (SSSR count). The van der Waals surface area contributed by atoms with Crippen molar-refractivity contribution < 1.29 is 9.53 Å². The zero-order chi connectivity index (χ0) is 11.1. The number of rotatable bonds is 5. The highest BCUT2D eigenvalue weighted by Crippen LogP contribution is 2.17. The molecular weight excluding hydrogens is 216 g/mol. The summed E-state index contributed by atoms with van der Waals surface area (Å²) in [6, 6.07) is 3.39. The molecule has 0 unspecified atom stereocenters. The Morgan fingerprint density at radius 1 is 1.67 bits per heavy atom. The first-order valence-corrected chi connectivity index (χ1v) is 5.01. The zero-order valence-corrected chi connectivity index (χ0v) is 9.25. The molecule has 1 amide bonds. The van der Waals surface area contributed by atoms with Crippen LogP contribution in [0.3, 0.4) is 0 Å². The topological polar surface area (TPSA) is 51.2 Å². The summed E-state index contributed by atoms with van der Waals surface area (Å²) in [5.74, 6) is 0.300. The molecule has 0 aliphatic carbocycles. The van der Waals surface area contributed by atoms with Crippen molar-refractivity contribution in [2.24, 2.45) is 0 Å². The Kier molecular flexibility index (Phi) is 5.07. The highest BCUT2D eigenvalue weighted by Gasteiger charge is 2.05. The SMILES string of the molecule is COCCCC(=O)Nc1ncccc1Cl. The predicted octanol–water partition coefficient (Wildman–Crippen LogP) is 2.10. The van der Waals surface area contributed by atoms with Crippen molar-refractivity contribution in [3.05, 3.63) is 23.4 Å². The second kappa shape index (κ2) is 6.37. The Morgan fingerprint density at radius 3 is 3.13 bits per heavy atom. The lowest BCUT2D eigenvalue weighted by Crippen LogP contribution is -2.13. The Labute approximate surface area is 93.6 Å². The summed E-state index contributed by atoms with van der Waals surface area (Å²) in [5, 5.41) is 3.07. The average molecular weight is 229 g/mol. The Balaban J connectivity index is 2.41. The first-order chi connectivity index (χ1) is 7.24. The Hall–Kier alpha value is -1.13. The van der Waals surface area contributed by atoms with E-state index in [1.165, 1.54) is 0 Å². The molecule has 5 heteroatoms. The van der Waals surface area contributed by atoms with Gasteiger partial charge in [0.1, 0.15) is 0 Å². The molecule has 82 valence electrons. The first-order valence-electron chi connectivity index (χ1n) is 4.63. The van der Waals surface area contributed by atoms with Crippen molar-refractivity contribution in [2.75, 3.05) is 19.0 Å². The van der Waals surface area contributed by atoms with Gasteiger partial charge in [0.2, 0.25) is 5.91 Å². The molecule has 1 aromatic rings. The maximum absolute atomic E-state index is 11.4. The minimum absolute atomic E-state index is 0.104. The monoisotopic (exact) mass is 228 g/mol. The molecule has 15 heavy (non-hydrogen) atoms. The molecule has 0 saturated carbocycles. The second-order valence-electron chi connectivity index (χ2n) is 2.98. The molecule has 0 aromatic carbocycles. The fourth-order valence-corrected chi connectivity index (χ4v) is 1.22. The smallest absolute Gasteiger partial charge is 0.225 e. The molecular formula is C10H13ClN2O2. The van der Waals surface area contributed by atoms with Gasteiger partial charge in [-0.25, -0.2) is 4.98 Å². The number of methoxy groups -OCH3 is 1. The lowest BCUT2D eigenvalue weighted by atomic mass is 10.3. The van der Waals surface area contributed by atoms with Crippen molar-refractivity contribution in [2.45, 2.75) is 12.8 Å². The number of carbonyl (C=O) groups excluding carboxylic acids is 1. The van der Waals surface area contributed by atoms with Crippen molar-refractivity contribution >= 4 is 23.3 Å². The minimum Gasteiger partial charge on any atom is -0.385 e. The molecule has 1 aromatic heterocycles. The summed E-state index contributed by atoms with van der Waals surface area (Å²) in [7, 11) is 1.60. The molecule has 0 spiro atoms. The number of pyridine rings is 1. The number of carbonyl (C=O) groups is 1. The van der Waals surface area contributed by atoms with Gasteiger partial charge in [-0.05, 0) is 18.6 Å². The standard InChI is InChI=1S/C10H13ClN2O2/c1-15-7-3-5-9(14)13-10-8(11)4-2-6-12-10/h2,4,6H,3,5,7H2,1H3,(H,12,13,14). The van der Waals surface area contributed by atoms with E-state index in [-0.39, 0.29) is 5.91 Å². The van der Waals surface area contributed by atoms with Gasteiger partial charge in [-0.2, -0.15) is 0 Å². The molecule has 4 nitrogen and oxygen atoms in total. The van der Waals surface area contributed by atoms with Crippen molar-refractivity contribution in [1.29, 1.82) is 0 Å². The van der Waals surface area contributed by atoms with Crippen molar-refractivity contribution in [3.8, 4) is 0 Å². The lowest BCUT2D eigenvalue weighted by Gasteiger charge is -2.05. The maximum atomic E-state index is 11.4. The summed E-state index contributed by atoms with van der Waals surface area (Å²) in [4.78, 5) is 15.3. The Morgan fingerprint density at radius 2 is 2.47 bits per heavy atom. The van der Waals surface area contributed by atoms with Gasteiger partial charge in [-0.3, -0.25) is 4.79 Å². The molecule has 0 aliphatic heterocycles. The number of hydrogen-bond donors (Lipinski definition) is 1. The third kappa shape index (κ3) is 4.27. The summed E-state index contributed by atoms with van der Waals surface area (Å²) in [6.45, 7) is 0.573. The van der Waals surface area contributed by atoms with Crippen LogP contribution in [-0.2, 0) is 9.53 Å². The average Bonchev–Trinajstić information content (AvgIpc) is 2.22. The van der Waals surface area contributed by atoms with Crippen LogP contribution >= 0.6 is 11.6 Å². The Bertz CT molecular complexity index is 331. The summed E-state index contributed by atoms with van der Waals surface area (Å²) >= 11 is 5.83. The normalized spacial score (nSPS) is 10.0. The molecule has 0 bridgehead atoms. The molecule has 1 N–H and O–H groups in total. The maximum Gasteiger partial charge on any atom is 0.225 e. The first kappa shape index (κ1) is 11.9. The number of aromatic nitrogens is 1. The molecule has 0 radical (unpaired) electrons. The van der Waals surface area contributed by atoms with Crippen LogP contribution in [0.5, 0.6) is 0 Å². The zero-order valence-electron chi connectivity index (χ0n) is 8.50. The minimum atomic E-state index is -0.104. The van der Waals surface area contributed by atoms with E-state index in [2.05, 4.69) is 10.3 Å². The summed E-state index contributed by atoms with van der Waals surface area (Å²) in [5.41, 5.74) is 0. The van der Waals surface area contributed by atoms with Crippen LogP contribution < -0.4 is 5.32 Å². The van der Waals surface area contributed by atoms with Gasteiger partial charge in [-0.1, -0.05) is 11.6 Å². The van der Waals surface area contributed by atoms with Crippen LogP contribution in [-0.4, -0.2) is 24.6 Å². The number of halogens is 1. The van der Waals surface area contributed by atoms with E-state index in [9.17, 15) is 4.79 Å². The van der Waals surface area contributed by atoms with Gasteiger partial charge in [0.05, 0.1) is 5.02 Å². The van der Waals surface area contributed by atoms with Gasteiger partial charge in [0.15, 0.2) is 5.82 Å². The van der Waals surface area contributed by atoms with E-state index in [1.54, 1.807) is 25.4 Å². The van der Waals surface area contributed by atoms with Gasteiger partial charge in [0.25, 0.3) is 0 Å². The van der Waals surface area contributed by atoms with E-state index < -0.39 is 0 Å². The number of nitrogens with one attached hydrogen (secondary N) is 1. The molecule has 0 saturated heterocycles. The fraction of sp³-hybridized carbons (Fsp3) is 0.400. The predicted molar refractivity (Wildman–Crippen MR) is 59.0 cm³/mol. The third-order valence-corrected chi connectivity index (χ3v) is 2.07. The highest BCUT2D eigenvalue weighted by molar-refractivity contribution is 6.33. The van der Waals surface area contributed by atoms with Gasteiger partial charge in [-0.15, -0.1) is 0 Å². The lowest BCUT2D eigenvalue weighted by molar-refractivity contribution is -0.116. The largest absolute Gasteiger partial charge is 0.385 e. The van der Waals surface area contributed by atoms with Gasteiger partial charge >= 0.3 is 0 Å². The quantitative estimate of drug-likeness (QED) is 0.786. The van der Waals surface area contributed by atoms with Crippen LogP contribution in [0.2, 0.25) is 5.02 Å². The van der Waals surface area contributed by atoms with E-state index >= 15 is 0 Å². The number of anilines is 1. The number of ether oxygens (including phenoxy) is 1. The molecule has 0 atom stereocenters. The molecule has 0 aliphatic rings. The van der Waals surface area contributed by atoms with E-state index in [0.29, 0.717) is 30.3 Å². The summed E-state index contributed by atoms with van der Waals surface area (Å²) < 4.78 is 4.84. The van der Waals surface area contributed by atoms with Crippen LogP contribution in [0.4, 0.5) is 5.82 Å². The van der Waals surface area contributed by atoms with E-state index in [4.69, 9.17) is 16.3 Å². The third-order valence-electron chi connectivity index (χ3n) is 1.77. The number of nitrogens with zero attached hydrogens (tertiary/aromatic N) is 1. The van der Waals surface area contributed by atoms with Crippen LogP contribution in [0.25, 0.3) is 0 Å².